The molecule has 0 aliphatic rings. The molecule has 84 valence electrons. The second kappa shape index (κ2) is 4.75. The summed E-state index contributed by atoms with van der Waals surface area (Å²) in [5.74, 6) is 1.56. The summed E-state index contributed by atoms with van der Waals surface area (Å²) < 4.78 is 10.9. The Bertz CT molecular complexity index is 361. The molecule has 0 radical (unpaired) electrons. The molecule has 0 atom stereocenters. The van der Waals surface area contributed by atoms with Crippen LogP contribution in [0, 0.1) is 0 Å². The van der Waals surface area contributed by atoms with Crippen LogP contribution in [0.5, 0.6) is 17.2 Å². The fraction of sp³-hybridized carbons (Fsp3) is 0.455. The molecular formula is C11H15BrO3. The van der Waals surface area contributed by atoms with Crippen molar-refractivity contribution in [3.63, 3.8) is 0 Å². The van der Waals surface area contributed by atoms with Gasteiger partial charge in [-0.1, -0.05) is 13.8 Å². The number of methoxy groups -OCH3 is 2. The summed E-state index contributed by atoms with van der Waals surface area (Å²) in [4.78, 5) is 0. The highest BCUT2D eigenvalue weighted by Gasteiger charge is 2.18. The fourth-order valence-corrected chi connectivity index (χ4v) is 1.99. The molecule has 15 heavy (non-hydrogen) atoms. The number of halogens is 1. The first-order chi connectivity index (χ1) is 7.02. The van der Waals surface area contributed by atoms with Crippen LogP contribution in [0.3, 0.4) is 0 Å². The zero-order valence-electron chi connectivity index (χ0n) is 9.30. The van der Waals surface area contributed by atoms with Gasteiger partial charge < -0.3 is 14.6 Å². The molecule has 0 aromatic heterocycles. The third-order valence-electron chi connectivity index (χ3n) is 2.24. The lowest BCUT2D eigenvalue weighted by Gasteiger charge is -2.16. The lowest BCUT2D eigenvalue weighted by Crippen LogP contribution is -1.96. The van der Waals surface area contributed by atoms with E-state index < -0.39 is 0 Å². The Morgan fingerprint density at radius 3 is 2.27 bits per heavy atom. The van der Waals surface area contributed by atoms with Crippen molar-refractivity contribution in [1.82, 2.24) is 0 Å². The number of hydrogen-bond acceptors (Lipinski definition) is 3. The molecule has 0 saturated carbocycles. The standard InChI is InChI=1S/C11H15BrO3/c1-6(2)7-5-8(14-3)11(15-4)9(12)10(7)13/h5-6,13H,1-4H3. The highest BCUT2D eigenvalue weighted by atomic mass is 79.9. The zero-order chi connectivity index (χ0) is 11.6. The van der Waals surface area contributed by atoms with Crippen molar-refractivity contribution >= 4 is 15.9 Å². The lowest BCUT2D eigenvalue weighted by molar-refractivity contribution is 0.347. The number of phenolic OH excluding ortho intramolecular Hbond substituents is 1. The number of aromatic hydroxyl groups is 1. The van der Waals surface area contributed by atoms with E-state index in [0.29, 0.717) is 16.0 Å². The molecule has 0 fully saturated rings. The van der Waals surface area contributed by atoms with Gasteiger partial charge in [-0.3, -0.25) is 0 Å². The first-order valence-corrected chi connectivity index (χ1v) is 5.45. The number of hydrogen-bond donors (Lipinski definition) is 1. The van der Waals surface area contributed by atoms with Gasteiger partial charge in [0.05, 0.1) is 14.2 Å². The SMILES string of the molecule is COc1cc(C(C)C)c(O)c(Br)c1OC. The molecule has 0 unspecified atom stereocenters. The maximum atomic E-state index is 9.92. The summed E-state index contributed by atoms with van der Waals surface area (Å²) in [6.45, 7) is 4.01. The van der Waals surface area contributed by atoms with Crippen molar-refractivity contribution in [2.75, 3.05) is 14.2 Å². The molecular weight excluding hydrogens is 260 g/mol. The minimum atomic E-state index is 0.211. The molecule has 0 spiro atoms. The van der Waals surface area contributed by atoms with Crippen molar-refractivity contribution in [2.45, 2.75) is 19.8 Å². The van der Waals surface area contributed by atoms with E-state index in [4.69, 9.17) is 9.47 Å². The van der Waals surface area contributed by atoms with Crippen LogP contribution in [0.2, 0.25) is 0 Å². The molecule has 3 nitrogen and oxygen atoms in total. The van der Waals surface area contributed by atoms with Crippen molar-refractivity contribution in [2.24, 2.45) is 0 Å². The van der Waals surface area contributed by atoms with Crippen LogP contribution < -0.4 is 9.47 Å². The molecule has 0 amide bonds. The van der Waals surface area contributed by atoms with Gasteiger partial charge in [0.25, 0.3) is 0 Å². The first-order valence-electron chi connectivity index (χ1n) is 4.66. The maximum Gasteiger partial charge on any atom is 0.178 e. The van der Waals surface area contributed by atoms with Crippen molar-refractivity contribution in [1.29, 1.82) is 0 Å². The summed E-state index contributed by atoms with van der Waals surface area (Å²) in [5, 5.41) is 9.92. The summed E-state index contributed by atoms with van der Waals surface area (Å²) in [6.07, 6.45) is 0. The molecule has 1 N–H and O–H groups in total. The van der Waals surface area contributed by atoms with Crippen LogP contribution >= 0.6 is 15.9 Å². The summed E-state index contributed by atoms with van der Waals surface area (Å²) in [6, 6.07) is 1.80. The lowest BCUT2D eigenvalue weighted by atomic mass is 10.0. The Labute approximate surface area is 98.1 Å². The highest BCUT2D eigenvalue weighted by molar-refractivity contribution is 9.10. The smallest absolute Gasteiger partial charge is 0.178 e. The maximum absolute atomic E-state index is 9.92. The van der Waals surface area contributed by atoms with Gasteiger partial charge in [0.2, 0.25) is 0 Å². The average molecular weight is 275 g/mol. The third-order valence-corrected chi connectivity index (χ3v) is 2.97. The number of phenols is 1. The quantitative estimate of drug-likeness (QED) is 0.919. The fourth-order valence-electron chi connectivity index (χ4n) is 1.40. The van der Waals surface area contributed by atoms with E-state index in [1.54, 1.807) is 13.2 Å². The van der Waals surface area contributed by atoms with Gasteiger partial charge in [0.15, 0.2) is 11.5 Å². The van der Waals surface area contributed by atoms with E-state index in [9.17, 15) is 5.11 Å². The summed E-state index contributed by atoms with van der Waals surface area (Å²) in [7, 11) is 3.11. The predicted molar refractivity (Wildman–Crippen MR) is 63.0 cm³/mol. The second-order valence-electron chi connectivity index (χ2n) is 3.52. The van der Waals surface area contributed by atoms with E-state index in [-0.39, 0.29) is 11.7 Å². The minimum Gasteiger partial charge on any atom is -0.506 e. The Hall–Kier alpha value is -0.900. The average Bonchev–Trinajstić information content (AvgIpc) is 2.21. The van der Waals surface area contributed by atoms with Gasteiger partial charge >= 0.3 is 0 Å². The minimum absolute atomic E-state index is 0.211. The number of rotatable bonds is 3. The Morgan fingerprint density at radius 1 is 1.27 bits per heavy atom. The van der Waals surface area contributed by atoms with E-state index in [1.807, 2.05) is 13.8 Å². The molecule has 1 aromatic rings. The molecule has 1 rings (SSSR count). The van der Waals surface area contributed by atoms with Gasteiger partial charge in [0.1, 0.15) is 10.2 Å². The first kappa shape index (κ1) is 12.2. The molecule has 1 aromatic carbocycles. The van der Waals surface area contributed by atoms with Gasteiger partial charge in [-0.2, -0.15) is 0 Å². The third kappa shape index (κ3) is 2.20. The Kier molecular flexibility index (Phi) is 3.85. The van der Waals surface area contributed by atoms with E-state index in [2.05, 4.69) is 15.9 Å². The molecule has 0 saturated heterocycles. The van der Waals surface area contributed by atoms with Gasteiger partial charge in [-0.05, 0) is 27.9 Å². The largest absolute Gasteiger partial charge is 0.506 e. The van der Waals surface area contributed by atoms with Crippen molar-refractivity contribution < 1.29 is 14.6 Å². The van der Waals surface area contributed by atoms with Crippen LogP contribution in [-0.2, 0) is 0 Å². The van der Waals surface area contributed by atoms with Crippen LogP contribution in [0.1, 0.15) is 25.3 Å². The topological polar surface area (TPSA) is 38.7 Å². The van der Waals surface area contributed by atoms with Crippen LogP contribution in [0.4, 0.5) is 0 Å². The van der Waals surface area contributed by atoms with Gasteiger partial charge in [-0.15, -0.1) is 0 Å². The Balaban J connectivity index is 3.42. The highest BCUT2D eigenvalue weighted by Crippen LogP contribution is 2.45. The molecule has 0 bridgehead atoms. The summed E-state index contributed by atoms with van der Waals surface area (Å²) in [5.41, 5.74) is 0.833. The van der Waals surface area contributed by atoms with Crippen molar-refractivity contribution in [3.8, 4) is 17.2 Å². The second-order valence-corrected chi connectivity index (χ2v) is 4.31. The van der Waals surface area contributed by atoms with Gasteiger partial charge in [0, 0.05) is 5.56 Å². The molecule has 4 heteroatoms. The van der Waals surface area contributed by atoms with E-state index >= 15 is 0 Å². The molecule has 0 aliphatic carbocycles. The Morgan fingerprint density at radius 2 is 1.87 bits per heavy atom. The normalized spacial score (nSPS) is 10.5. The van der Waals surface area contributed by atoms with Crippen LogP contribution in [-0.4, -0.2) is 19.3 Å². The zero-order valence-corrected chi connectivity index (χ0v) is 10.9. The molecule has 0 aliphatic heterocycles. The van der Waals surface area contributed by atoms with Crippen LogP contribution in [0.15, 0.2) is 10.5 Å². The monoisotopic (exact) mass is 274 g/mol. The number of ether oxygens (including phenoxy) is 2. The van der Waals surface area contributed by atoms with E-state index in [1.165, 1.54) is 7.11 Å². The van der Waals surface area contributed by atoms with Gasteiger partial charge in [-0.25, -0.2) is 0 Å². The number of benzene rings is 1. The van der Waals surface area contributed by atoms with E-state index in [0.717, 1.165) is 5.56 Å². The molecule has 0 heterocycles. The predicted octanol–water partition coefficient (Wildman–Crippen LogP) is 3.30. The van der Waals surface area contributed by atoms with Crippen LogP contribution in [0.25, 0.3) is 0 Å². The van der Waals surface area contributed by atoms with Crippen molar-refractivity contribution in [3.05, 3.63) is 16.1 Å². The summed E-state index contributed by atoms with van der Waals surface area (Å²) >= 11 is 3.30.